The van der Waals surface area contributed by atoms with E-state index in [0.717, 1.165) is 11.1 Å². The number of hydrogen-bond acceptors (Lipinski definition) is 4. The molecule has 0 N–H and O–H groups in total. The molecule has 0 spiro atoms. The molecule has 0 bridgehead atoms. The fourth-order valence-corrected chi connectivity index (χ4v) is 2.95. The molecule has 0 fully saturated rings. The molecule has 2 rings (SSSR count). The van der Waals surface area contributed by atoms with E-state index < -0.39 is 5.66 Å². The zero-order valence-corrected chi connectivity index (χ0v) is 13.0. The van der Waals surface area contributed by atoms with Crippen LogP contribution in [-0.2, 0) is 9.59 Å². The summed E-state index contributed by atoms with van der Waals surface area (Å²) in [7, 11) is 0. The molecule has 0 saturated carbocycles. The first-order valence-corrected chi connectivity index (χ1v) is 7.55. The zero-order chi connectivity index (χ0) is 16.5. The van der Waals surface area contributed by atoms with Crippen LogP contribution in [0, 0.1) is 0 Å². The molecule has 23 heavy (non-hydrogen) atoms. The maximum absolute atomic E-state index is 11.1. The average Bonchev–Trinajstić information content (AvgIpc) is 2.58. The molecule has 0 heterocycles. The van der Waals surface area contributed by atoms with Gasteiger partial charge in [-0.2, -0.15) is 9.98 Å². The van der Waals surface area contributed by atoms with Crippen LogP contribution in [0.15, 0.2) is 70.6 Å². The Bertz CT molecular complexity index is 658. The van der Waals surface area contributed by atoms with Crippen LogP contribution in [0.3, 0.4) is 0 Å². The Labute approximate surface area is 135 Å². The Kier molecular flexibility index (Phi) is 5.76. The van der Waals surface area contributed by atoms with E-state index >= 15 is 0 Å². The lowest BCUT2D eigenvalue weighted by molar-refractivity contribution is 0.360. The van der Waals surface area contributed by atoms with Crippen LogP contribution in [0.4, 0.5) is 0 Å². The minimum atomic E-state index is -1.22. The van der Waals surface area contributed by atoms with Crippen molar-refractivity contribution in [1.82, 2.24) is 0 Å². The largest absolute Gasteiger partial charge is 0.237 e. The molecule has 0 unspecified atom stereocenters. The average molecular weight is 306 g/mol. The smallest absolute Gasteiger partial charge is 0.211 e. The Balaban J connectivity index is 2.72. The Morgan fingerprint density at radius 3 is 1.65 bits per heavy atom. The van der Waals surface area contributed by atoms with Crippen molar-refractivity contribution < 1.29 is 9.59 Å². The third-order valence-electron chi connectivity index (χ3n) is 3.82. The van der Waals surface area contributed by atoms with Crippen molar-refractivity contribution >= 4 is 12.2 Å². The van der Waals surface area contributed by atoms with Crippen LogP contribution in [0.2, 0.25) is 0 Å². The summed E-state index contributed by atoms with van der Waals surface area (Å²) >= 11 is 0. The quantitative estimate of drug-likeness (QED) is 0.573. The minimum Gasteiger partial charge on any atom is -0.211 e. The second-order valence-electron chi connectivity index (χ2n) is 5.29. The monoisotopic (exact) mass is 306 g/mol. The van der Waals surface area contributed by atoms with Gasteiger partial charge in [-0.05, 0) is 17.5 Å². The van der Waals surface area contributed by atoms with Gasteiger partial charge in [0.15, 0.2) is 5.66 Å². The normalized spacial score (nSPS) is 12.8. The summed E-state index contributed by atoms with van der Waals surface area (Å²) in [5.74, 6) is -0.354. The maximum Gasteiger partial charge on any atom is 0.237 e. The molecule has 4 heteroatoms. The standard InChI is InChI=1S/C19H18N2O2/c1-2-13-19(20-14-22,21-15-23)18(16-9-5-3-6-10-16)17-11-7-4-8-12-17/h3-12,18H,2,13H2,1H3. The van der Waals surface area contributed by atoms with Crippen molar-refractivity contribution in [3.63, 3.8) is 0 Å². The highest BCUT2D eigenvalue weighted by Gasteiger charge is 2.40. The number of rotatable bonds is 7. The minimum absolute atomic E-state index is 0.354. The van der Waals surface area contributed by atoms with Gasteiger partial charge in [-0.25, -0.2) is 9.59 Å². The third-order valence-corrected chi connectivity index (χ3v) is 3.82. The Morgan fingerprint density at radius 2 is 1.30 bits per heavy atom. The highest BCUT2D eigenvalue weighted by molar-refractivity contribution is 5.45. The molecular weight excluding hydrogens is 288 g/mol. The predicted octanol–water partition coefficient (Wildman–Crippen LogP) is 3.99. The lowest BCUT2D eigenvalue weighted by Crippen LogP contribution is -2.33. The first-order valence-electron chi connectivity index (χ1n) is 7.55. The molecule has 0 saturated heterocycles. The molecule has 0 atom stereocenters. The lowest BCUT2D eigenvalue weighted by Gasteiger charge is -2.32. The maximum atomic E-state index is 11.1. The van der Waals surface area contributed by atoms with Crippen molar-refractivity contribution in [2.45, 2.75) is 31.3 Å². The summed E-state index contributed by atoms with van der Waals surface area (Å²) in [5, 5.41) is 0. The van der Waals surface area contributed by atoms with E-state index in [1.165, 1.54) is 0 Å². The number of benzene rings is 2. The van der Waals surface area contributed by atoms with Gasteiger partial charge in [0.1, 0.15) is 0 Å². The summed E-state index contributed by atoms with van der Waals surface area (Å²) in [5.41, 5.74) is 0.649. The van der Waals surface area contributed by atoms with Crippen LogP contribution < -0.4 is 0 Å². The second-order valence-corrected chi connectivity index (χ2v) is 5.29. The van der Waals surface area contributed by atoms with Crippen LogP contribution in [0.5, 0.6) is 0 Å². The number of nitrogens with zero attached hydrogens (tertiary/aromatic N) is 2. The van der Waals surface area contributed by atoms with Gasteiger partial charge in [0.2, 0.25) is 12.2 Å². The van der Waals surface area contributed by atoms with E-state index in [-0.39, 0.29) is 5.92 Å². The van der Waals surface area contributed by atoms with E-state index in [4.69, 9.17) is 0 Å². The highest BCUT2D eigenvalue weighted by Crippen LogP contribution is 2.41. The van der Waals surface area contributed by atoms with E-state index in [0.29, 0.717) is 12.8 Å². The van der Waals surface area contributed by atoms with Crippen LogP contribution in [0.1, 0.15) is 36.8 Å². The molecule has 0 aromatic heterocycles. The molecular formula is C19H18N2O2. The van der Waals surface area contributed by atoms with E-state index in [1.807, 2.05) is 67.6 Å². The molecule has 0 aliphatic heterocycles. The van der Waals surface area contributed by atoms with Crippen LogP contribution in [-0.4, -0.2) is 17.8 Å². The highest BCUT2D eigenvalue weighted by atomic mass is 16.1. The van der Waals surface area contributed by atoms with Gasteiger partial charge in [-0.3, -0.25) is 0 Å². The molecule has 4 nitrogen and oxygen atoms in total. The van der Waals surface area contributed by atoms with E-state index in [1.54, 1.807) is 12.2 Å². The summed E-state index contributed by atoms with van der Waals surface area (Å²) in [6.45, 7) is 1.96. The number of hydrogen-bond donors (Lipinski definition) is 0. The fourth-order valence-electron chi connectivity index (χ4n) is 2.95. The first kappa shape index (κ1) is 16.6. The zero-order valence-electron chi connectivity index (χ0n) is 13.0. The predicted molar refractivity (Wildman–Crippen MR) is 88.6 cm³/mol. The molecule has 2 aromatic rings. The third kappa shape index (κ3) is 3.70. The molecule has 0 amide bonds. The van der Waals surface area contributed by atoms with Crippen molar-refractivity contribution in [3.05, 3.63) is 71.8 Å². The van der Waals surface area contributed by atoms with Gasteiger partial charge in [0, 0.05) is 0 Å². The first-order chi connectivity index (χ1) is 11.3. The topological polar surface area (TPSA) is 58.9 Å². The van der Waals surface area contributed by atoms with Crippen LogP contribution >= 0.6 is 0 Å². The fraction of sp³-hybridized carbons (Fsp3) is 0.263. The molecule has 116 valence electrons. The number of isocyanates is 2. The molecule has 0 radical (unpaired) electrons. The van der Waals surface area contributed by atoms with Gasteiger partial charge in [-0.15, -0.1) is 0 Å². The molecule has 0 aliphatic carbocycles. The number of carbonyl (C=O) groups excluding carboxylic acids is 2. The Morgan fingerprint density at radius 1 is 0.870 bits per heavy atom. The van der Waals surface area contributed by atoms with Gasteiger partial charge in [0.25, 0.3) is 0 Å². The second kappa shape index (κ2) is 8.00. The molecule has 2 aromatic carbocycles. The summed E-state index contributed by atoms with van der Waals surface area (Å²) < 4.78 is 0. The van der Waals surface area contributed by atoms with Crippen molar-refractivity contribution in [2.24, 2.45) is 9.98 Å². The van der Waals surface area contributed by atoms with Gasteiger partial charge in [-0.1, -0.05) is 74.0 Å². The summed E-state index contributed by atoms with van der Waals surface area (Å²) in [4.78, 5) is 30.0. The Hall–Kier alpha value is -2.80. The van der Waals surface area contributed by atoms with Crippen molar-refractivity contribution in [3.8, 4) is 0 Å². The number of aliphatic imine (C=N–C) groups is 2. The molecule has 0 aliphatic rings. The summed E-state index contributed by atoms with van der Waals surface area (Å²) in [6.07, 6.45) is 4.37. The van der Waals surface area contributed by atoms with Crippen molar-refractivity contribution in [2.75, 3.05) is 0 Å². The van der Waals surface area contributed by atoms with E-state index in [2.05, 4.69) is 9.98 Å². The lowest BCUT2D eigenvalue weighted by atomic mass is 9.79. The van der Waals surface area contributed by atoms with E-state index in [9.17, 15) is 9.59 Å². The van der Waals surface area contributed by atoms with Gasteiger partial charge < -0.3 is 0 Å². The van der Waals surface area contributed by atoms with Gasteiger partial charge in [0.05, 0.1) is 5.92 Å². The van der Waals surface area contributed by atoms with Crippen LogP contribution in [0.25, 0.3) is 0 Å². The van der Waals surface area contributed by atoms with Gasteiger partial charge >= 0.3 is 0 Å². The summed E-state index contributed by atoms with van der Waals surface area (Å²) in [6, 6.07) is 19.3. The van der Waals surface area contributed by atoms with Crippen molar-refractivity contribution in [1.29, 1.82) is 0 Å². The SMILES string of the molecule is CCCC(N=C=O)(N=C=O)C(c1ccccc1)c1ccccc1.